The topological polar surface area (TPSA) is 75.2 Å². The monoisotopic (exact) mass is 312 g/mol. The molecule has 0 spiro atoms. The van der Waals surface area contributed by atoms with Crippen molar-refractivity contribution in [3.8, 4) is 0 Å². The highest BCUT2D eigenvalue weighted by atomic mass is 32.2. The molecule has 2 heterocycles. The molecule has 1 aliphatic heterocycles. The first-order valence-corrected chi connectivity index (χ1v) is 9.24. The summed E-state index contributed by atoms with van der Waals surface area (Å²) in [6, 6.07) is 1.97. The summed E-state index contributed by atoms with van der Waals surface area (Å²) in [5.41, 5.74) is 1.97. The second kappa shape index (κ2) is 6.70. The summed E-state index contributed by atoms with van der Waals surface area (Å²) in [6.07, 6.45) is 4.28. The van der Waals surface area contributed by atoms with Gasteiger partial charge in [-0.3, -0.25) is 0 Å². The zero-order valence-electron chi connectivity index (χ0n) is 13.0. The van der Waals surface area contributed by atoms with E-state index >= 15 is 0 Å². The van der Waals surface area contributed by atoms with E-state index in [1.54, 1.807) is 0 Å². The molecule has 1 aliphatic rings. The van der Waals surface area contributed by atoms with Gasteiger partial charge in [0.25, 0.3) is 0 Å². The summed E-state index contributed by atoms with van der Waals surface area (Å²) < 4.78 is 24.7. The molecule has 7 heteroatoms. The van der Waals surface area contributed by atoms with Crippen LogP contribution in [0.2, 0.25) is 0 Å². The van der Waals surface area contributed by atoms with Crippen molar-refractivity contribution >= 4 is 16.0 Å². The number of rotatable bonds is 5. The van der Waals surface area contributed by atoms with Crippen molar-refractivity contribution in [1.82, 2.24) is 14.7 Å². The molecule has 1 fully saturated rings. The van der Waals surface area contributed by atoms with E-state index < -0.39 is 10.0 Å². The van der Waals surface area contributed by atoms with E-state index in [2.05, 4.69) is 19.6 Å². The van der Waals surface area contributed by atoms with Crippen LogP contribution in [0, 0.1) is 19.8 Å². The second-order valence-electron chi connectivity index (χ2n) is 5.86. The highest BCUT2D eigenvalue weighted by Gasteiger charge is 2.22. The average molecular weight is 312 g/mol. The molecule has 118 valence electrons. The molecule has 1 aromatic heterocycles. The van der Waals surface area contributed by atoms with Crippen molar-refractivity contribution < 1.29 is 8.42 Å². The Bertz CT molecular complexity index is 568. The molecule has 1 aromatic rings. The van der Waals surface area contributed by atoms with Gasteiger partial charge in [-0.1, -0.05) is 0 Å². The number of piperidine rings is 1. The molecule has 0 saturated carbocycles. The molecule has 1 N–H and O–H groups in total. The van der Waals surface area contributed by atoms with E-state index in [4.69, 9.17) is 0 Å². The van der Waals surface area contributed by atoms with Crippen molar-refractivity contribution in [2.24, 2.45) is 5.92 Å². The summed E-state index contributed by atoms with van der Waals surface area (Å²) in [5, 5.41) is 0. The van der Waals surface area contributed by atoms with Gasteiger partial charge in [-0.05, 0) is 45.1 Å². The van der Waals surface area contributed by atoms with Crippen LogP contribution in [0.3, 0.4) is 0 Å². The van der Waals surface area contributed by atoms with Crippen LogP contribution in [0.4, 0.5) is 5.95 Å². The van der Waals surface area contributed by atoms with E-state index in [0.29, 0.717) is 12.5 Å². The van der Waals surface area contributed by atoms with Crippen LogP contribution in [-0.2, 0) is 10.0 Å². The van der Waals surface area contributed by atoms with E-state index in [1.807, 2.05) is 19.9 Å². The quantitative estimate of drug-likeness (QED) is 0.885. The van der Waals surface area contributed by atoms with Crippen LogP contribution >= 0.6 is 0 Å². The molecule has 21 heavy (non-hydrogen) atoms. The Kier molecular flexibility index (Phi) is 5.16. The Hall–Kier alpha value is -1.21. The number of hydrogen-bond acceptors (Lipinski definition) is 5. The Morgan fingerprint density at radius 3 is 2.62 bits per heavy atom. The highest BCUT2D eigenvalue weighted by Crippen LogP contribution is 2.22. The number of aromatic nitrogens is 2. The van der Waals surface area contributed by atoms with E-state index in [-0.39, 0.29) is 0 Å². The lowest BCUT2D eigenvalue weighted by Crippen LogP contribution is -2.38. The lowest BCUT2D eigenvalue weighted by molar-refractivity contribution is 0.388. The van der Waals surface area contributed by atoms with Gasteiger partial charge in [0.05, 0.1) is 6.26 Å². The number of aryl methyl sites for hydroxylation is 2. The maximum Gasteiger partial charge on any atom is 0.225 e. The molecule has 6 nitrogen and oxygen atoms in total. The molecule has 1 unspecified atom stereocenters. The third-order valence-electron chi connectivity index (χ3n) is 3.69. The summed E-state index contributed by atoms with van der Waals surface area (Å²) in [7, 11) is -3.09. The molecular formula is C14H24N4O2S. The molecular weight excluding hydrogens is 288 g/mol. The molecule has 0 aromatic carbocycles. The SMILES string of the molecule is Cc1cc(C)nc(N2CCCC(CCNS(C)(=O)=O)C2)n1. The normalized spacial score (nSPS) is 19.8. The van der Waals surface area contributed by atoms with Gasteiger partial charge in [0.15, 0.2) is 0 Å². The Labute approximate surface area is 127 Å². The van der Waals surface area contributed by atoms with Crippen LogP contribution in [0.1, 0.15) is 30.7 Å². The smallest absolute Gasteiger partial charge is 0.225 e. The maximum atomic E-state index is 11.1. The minimum atomic E-state index is -3.09. The number of sulfonamides is 1. The lowest BCUT2D eigenvalue weighted by atomic mass is 9.95. The average Bonchev–Trinajstić information content (AvgIpc) is 2.36. The molecule has 2 rings (SSSR count). The molecule has 0 amide bonds. The highest BCUT2D eigenvalue weighted by molar-refractivity contribution is 7.88. The van der Waals surface area contributed by atoms with Gasteiger partial charge in [-0.2, -0.15) is 0 Å². The van der Waals surface area contributed by atoms with E-state index in [9.17, 15) is 8.42 Å². The van der Waals surface area contributed by atoms with Gasteiger partial charge in [0.1, 0.15) is 0 Å². The molecule has 0 radical (unpaired) electrons. The summed E-state index contributed by atoms with van der Waals surface area (Å²) in [4.78, 5) is 11.2. The summed E-state index contributed by atoms with van der Waals surface area (Å²) in [6.45, 7) is 6.34. The third kappa shape index (κ3) is 5.24. The maximum absolute atomic E-state index is 11.1. The number of nitrogens with zero attached hydrogens (tertiary/aromatic N) is 3. The van der Waals surface area contributed by atoms with E-state index in [1.165, 1.54) is 6.26 Å². The fourth-order valence-corrected chi connectivity index (χ4v) is 3.27. The lowest BCUT2D eigenvalue weighted by Gasteiger charge is -2.33. The Morgan fingerprint density at radius 2 is 2.00 bits per heavy atom. The fourth-order valence-electron chi connectivity index (χ4n) is 2.78. The van der Waals surface area contributed by atoms with Crippen molar-refractivity contribution in [2.45, 2.75) is 33.1 Å². The van der Waals surface area contributed by atoms with Crippen molar-refractivity contribution in [1.29, 1.82) is 0 Å². The minimum absolute atomic E-state index is 0.484. The van der Waals surface area contributed by atoms with Gasteiger partial charge < -0.3 is 4.90 Å². The van der Waals surface area contributed by atoms with Gasteiger partial charge in [0.2, 0.25) is 16.0 Å². The first-order valence-electron chi connectivity index (χ1n) is 7.35. The summed E-state index contributed by atoms with van der Waals surface area (Å²) >= 11 is 0. The molecule has 0 aliphatic carbocycles. The van der Waals surface area contributed by atoms with E-state index in [0.717, 1.165) is 49.7 Å². The zero-order chi connectivity index (χ0) is 15.5. The fraction of sp³-hybridized carbons (Fsp3) is 0.714. The van der Waals surface area contributed by atoms with Gasteiger partial charge in [-0.15, -0.1) is 0 Å². The van der Waals surface area contributed by atoms with Crippen LogP contribution in [-0.4, -0.2) is 44.3 Å². The van der Waals surface area contributed by atoms with Crippen molar-refractivity contribution in [3.63, 3.8) is 0 Å². The summed E-state index contributed by atoms with van der Waals surface area (Å²) in [5.74, 6) is 1.28. The molecule has 1 saturated heterocycles. The predicted molar refractivity (Wildman–Crippen MR) is 83.9 cm³/mol. The second-order valence-corrected chi connectivity index (χ2v) is 7.69. The first kappa shape index (κ1) is 16.2. The molecule has 1 atom stereocenters. The zero-order valence-corrected chi connectivity index (χ0v) is 13.8. The van der Waals surface area contributed by atoms with Crippen LogP contribution in [0.5, 0.6) is 0 Å². The van der Waals surface area contributed by atoms with Crippen LogP contribution in [0.25, 0.3) is 0 Å². The predicted octanol–water partition coefficient (Wildman–Crippen LogP) is 1.25. The van der Waals surface area contributed by atoms with Gasteiger partial charge in [-0.25, -0.2) is 23.1 Å². The largest absolute Gasteiger partial charge is 0.341 e. The number of anilines is 1. The standard InChI is InChI=1S/C14H24N4O2S/c1-11-9-12(2)17-14(16-11)18-8-4-5-13(10-18)6-7-15-21(3,19)20/h9,13,15H,4-8,10H2,1-3H3. The van der Waals surface area contributed by atoms with Gasteiger partial charge >= 0.3 is 0 Å². The van der Waals surface area contributed by atoms with Gasteiger partial charge in [0, 0.05) is 31.0 Å². The third-order valence-corrected chi connectivity index (χ3v) is 4.42. The minimum Gasteiger partial charge on any atom is -0.341 e. The molecule has 0 bridgehead atoms. The number of nitrogens with one attached hydrogen (secondary N) is 1. The van der Waals surface area contributed by atoms with Crippen molar-refractivity contribution in [3.05, 3.63) is 17.5 Å². The van der Waals surface area contributed by atoms with Crippen molar-refractivity contribution in [2.75, 3.05) is 30.8 Å². The first-order chi connectivity index (χ1) is 9.83. The van der Waals surface area contributed by atoms with Crippen LogP contribution in [0.15, 0.2) is 6.07 Å². The Morgan fingerprint density at radius 1 is 1.33 bits per heavy atom. The number of hydrogen-bond donors (Lipinski definition) is 1. The Balaban J connectivity index is 1.94. The van der Waals surface area contributed by atoms with Crippen LogP contribution < -0.4 is 9.62 Å².